The maximum absolute atomic E-state index is 12.8. The van der Waals surface area contributed by atoms with Gasteiger partial charge < -0.3 is 25.8 Å². The van der Waals surface area contributed by atoms with E-state index < -0.39 is 12.5 Å². The molecule has 8 nitrogen and oxygen atoms in total. The highest BCUT2D eigenvalue weighted by Crippen LogP contribution is 2.38. The molecular formula is C28H30F2N6O2. The van der Waals surface area contributed by atoms with Gasteiger partial charge in [-0.05, 0) is 56.1 Å². The summed E-state index contributed by atoms with van der Waals surface area (Å²) in [6, 6.07) is 15.1. The number of rotatable bonds is 9. The Kier molecular flexibility index (Phi) is 7.90. The first-order valence-corrected chi connectivity index (χ1v) is 12.7. The monoisotopic (exact) mass is 520 g/mol. The van der Waals surface area contributed by atoms with Gasteiger partial charge in [0.2, 0.25) is 11.8 Å². The smallest absolute Gasteiger partial charge is 0.265 e. The summed E-state index contributed by atoms with van der Waals surface area (Å²) in [5.74, 6) is 1.54. The molecule has 198 valence electrons. The van der Waals surface area contributed by atoms with Gasteiger partial charge in [-0.25, -0.2) is 23.7 Å². The lowest BCUT2D eigenvalue weighted by molar-refractivity contribution is 0.00386. The van der Waals surface area contributed by atoms with Crippen molar-refractivity contribution in [1.29, 1.82) is 0 Å². The average molecular weight is 521 g/mol. The van der Waals surface area contributed by atoms with Crippen LogP contribution in [0.1, 0.15) is 18.4 Å². The topological polar surface area (TPSA) is 104 Å². The molecule has 2 aromatic carbocycles. The van der Waals surface area contributed by atoms with Crippen LogP contribution in [-0.2, 0) is 0 Å². The number of hydrogen-bond donors (Lipinski definition) is 4. The van der Waals surface area contributed by atoms with Crippen LogP contribution in [0.25, 0.3) is 22.0 Å². The van der Waals surface area contributed by atoms with Crippen molar-refractivity contribution in [3.8, 4) is 22.9 Å². The molecule has 3 heterocycles. The molecule has 5 rings (SSSR count). The molecule has 0 bridgehead atoms. The van der Waals surface area contributed by atoms with Crippen LogP contribution in [-0.4, -0.2) is 58.3 Å². The first-order valence-electron chi connectivity index (χ1n) is 12.7. The van der Waals surface area contributed by atoms with Gasteiger partial charge in [0.15, 0.2) is 0 Å². The number of hydrogen-bond acceptors (Lipinski definition) is 8. The van der Waals surface area contributed by atoms with Crippen molar-refractivity contribution in [1.82, 2.24) is 20.3 Å². The minimum Gasteiger partial charge on any atom is -0.437 e. The van der Waals surface area contributed by atoms with Crippen LogP contribution < -0.4 is 20.7 Å². The molecular weight excluding hydrogens is 490 g/mol. The Balaban J connectivity index is 1.45. The third kappa shape index (κ3) is 5.81. The summed E-state index contributed by atoms with van der Waals surface area (Å²) in [6.07, 6.45) is 0.952. The Morgan fingerprint density at radius 2 is 1.97 bits per heavy atom. The molecule has 0 amide bonds. The van der Waals surface area contributed by atoms with Gasteiger partial charge in [0.1, 0.15) is 11.9 Å². The van der Waals surface area contributed by atoms with Crippen molar-refractivity contribution in [3.05, 3.63) is 66.5 Å². The zero-order valence-electron chi connectivity index (χ0n) is 21.0. The maximum Gasteiger partial charge on any atom is 0.265 e. The van der Waals surface area contributed by atoms with Crippen LogP contribution >= 0.6 is 0 Å². The predicted octanol–water partition coefficient (Wildman–Crippen LogP) is 4.99. The van der Waals surface area contributed by atoms with E-state index in [1.807, 2.05) is 49.4 Å². The number of alkyl halides is 2. The highest BCUT2D eigenvalue weighted by Gasteiger charge is 2.19. The molecule has 1 aliphatic heterocycles. The fourth-order valence-electron chi connectivity index (χ4n) is 4.53. The third-order valence-electron chi connectivity index (χ3n) is 6.53. The van der Waals surface area contributed by atoms with Gasteiger partial charge in [0.05, 0.1) is 11.3 Å². The largest absolute Gasteiger partial charge is 0.437 e. The van der Waals surface area contributed by atoms with Gasteiger partial charge >= 0.3 is 0 Å². The average Bonchev–Trinajstić information content (AvgIpc) is 2.94. The van der Waals surface area contributed by atoms with Crippen LogP contribution in [0.3, 0.4) is 0 Å². The predicted molar refractivity (Wildman–Crippen MR) is 144 cm³/mol. The van der Waals surface area contributed by atoms with E-state index in [9.17, 15) is 13.9 Å². The minimum absolute atomic E-state index is 0.270. The number of nitrogens with one attached hydrogen (secondary N) is 3. The van der Waals surface area contributed by atoms with Crippen molar-refractivity contribution in [2.75, 3.05) is 30.3 Å². The highest BCUT2D eigenvalue weighted by molar-refractivity contribution is 5.98. The molecule has 4 N–H and O–H groups in total. The number of aliphatic hydroxyl groups is 1. The summed E-state index contributed by atoms with van der Waals surface area (Å²) in [5.41, 5.74) is 2.90. The number of piperidine rings is 1. The molecule has 1 fully saturated rings. The van der Waals surface area contributed by atoms with E-state index >= 15 is 0 Å². The molecule has 38 heavy (non-hydrogen) atoms. The second-order valence-electron chi connectivity index (χ2n) is 9.31. The molecule has 0 aliphatic carbocycles. The van der Waals surface area contributed by atoms with Crippen molar-refractivity contribution >= 4 is 22.4 Å². The Bertz CT molecular complexity index is 1400. The van der Waals surface area contributed by atoms with Crippen molar-refractivity contribution in [2.45, 2.75) is 38.3 Å². The maximum atomic E-state index is 12.8. The van der Waals surface area contributed by atoms with Crippen LogP contribution in [0.15, 0.2) is 60.9 Å². The summed E-state index contributed by atoms with van der Waals surface area (Å²) in [7, 11) is 0. The molecule has 1 aliphatic rings. The lowest BCUT2D eigenvalue weighted by atomic mass is 10.0. The zero-order chi connectivity index (χ0) is 26.5. The molecule has 0 spiro atoms. The second kappa shape index (κ2) is 11.7. The summed E-state index contributed by atoms with van der Waals surface area (Å²) in [6.45, 7) is 3.56. The Labute approximate surface area is 219 Å². The first kappa shape index (κ1) is 25.7. The van der Waals surface area contributed by atoms with Gasteiger partial charge in [-0.3, -0.25) is 0 Å². The van der Waals surface area contributed by atoms with E-state index in [4.69, 9.17) is 9.72 Å². The molecule has 0 saturated carbocycles. The van der Waals surface area contributed by atoms with Gasteiger partial charge in [0.25, 0.3) is 6.43 Å². The number of nitrogens with zero attached hydrogens (tertiary/aromatic N) is 3. The van der Waals surface area contributed by atoms with Crippen molar-refractivity contribution in [3.63, 3.8) is 0 Å². The zero-order valence-corrected chi connectivity index (χ0v) is 21.0. The standard InChI is InChI=1S/C28H30F2N6O2/c1-17-9-10-19-20(6-2-8-22(19)34-16-24(37)26(29)30)25(17)38-27-21(7-4-13-32-27)23-11-14-33-28(36-23)35-18-5-3-12-31-15-18/h2,4,6-11,13-14,18,24,26,31,34,37H,3,5,12,15-16H2,1H3,(H,33,35,36)/t18-,24+/m0/s1. The summed E-state index contributed by atoms with van der Waals surface area (Å²) in [4.78, 5) is 13.6. The summed E-state index contributed by atoms with van der Waals surface area (Å²) < 4.78 is 32.0. The van der Waals surface area contributed by atoms with E-state index in [1.54, 1.807) is 18.5 Å². The van der Waals surface area contributed by atoms with E-state index in [-0.39, 0.29) is 12.6 Å². The number of ether oxygens (including phenoxy) is 1. The Morgan fingerprint density at radius 1 is 1.08 bits per heavy atom. The molecule has 2 atom stereocenters. The van der Waals surface area contributed by atoms with Crippen LogP contribution in [0.4, 0.5) is 20.4 Å². The van der Waals surface area contributed by atoms with E-state index in [1.165, 1.54) is 0 Å². The van der Waals surface area contributed by atoms with Crippen LogP contribution in [0.2, 0.25) is 0 Å². The van der Waals surface area contributed by atoms with Crippen molar-refractivity contribution in [2.24, 2.45) is 0 Å². The van der Waals surface area contributed by atoms with Crippen LogP contribution in [0, 0.1) is 6.92 Å². The SMILES string of the molecule is Cc1ccc2c(NC[C@@H](O)C(F)F)cccc2c1Oc1ncccc1-c1ccnc(N[C@H]2CCCNC2)n1. The minimum atomic E-state index is -2.82. The Hall–Kier alpha value is -3.89. The van der Waals surface area contributed by atoms with Gasteiger partial charge in [-0.2, -0.15) is 0 Å². The van der Waals surface area contributed by atoms with E-state index in [2.05, 4.69) is 25.9 Å². The van der Waals surface area contributed by atoms with Gasteiger partial charge in [-0.15, -0.1) is 0 Å². The molecule has 0 unspecified atom stereocenters. The summed E-state index contributed by atoms with van der Waals surface area (Å²) in [5, 5.41) is 20.8. The number of anilines is 2. The number of fused-ring (bicyclic) bond motifs is 1. The van der Waals surface area contributed by atoms with E-state index in [0.29, 0.717) is 34.5 Å². The number of aromatic nitrogens is 3. The lowest BCUT2D eigenvalue weighted by Gasteiger charge is -2.23. The second-order valence-corrected chi connectivity index (χ2v) is 9.31. The number of benzene rings is 2. The molecule has 2 aromatic heterocycles. The number of aryl methyl sites for hydroxylation is 1. The van der Waals surface area contributed by atoms with E-state index in [0.717, 1.165) is 42.3 Å². The van der Waals surface area contributed by atoms with Gasteiger partial charge in [0, 0.05) is 48.0 Å². The first-order chi connectivity index (χ1) is 18.5. The highest BCUT2D eigenvalue weighted by atomic mass is 19.3. The molecule has 1 saturated heterocycles. The fraction of sp³-hybridized carbons (Fsp3) is 0.321. The lowest BCUT2D eigenvalue weighted by Crippen LogP contribution is -2.38. The molecule has 0 radical (unpaired) electrons. The number of pyridine rings is 1. The normalized spacial score (nSPS) is 16.4. The number of aliphatic hydroxyl groups excluding tert-OH is 1. The third-order valence-corrected chi connectivity index (χ3v) is 6.53. The van der Waals surface area contributed by atoms with Crippen molar-refractivity contribution < 1.29 is 18.6 Å². The van der Waals surface area contributed by atoms with Gasteiger partial charge in [-0.1, -0.05) is 24.3 Å². The molecule has 10 heteroatoms. The molecule has 4 aromatic rings. The van der Waals surface area contributed by atoms with Crippen LogP contribution in [0.5, 0.6) is 11.6 Å². The summed E-state index contributed by atoms with van der Waals surface area (Å²) >= 11 is 0. The Morgan fingerprint density at radius 3 is 2.79 bits per heavy atom. The quantitative estimate of drug-likeness (QED) is 0.245. The fourth-order valence-corrected chi connectivity index (χ4v) is 4.53. The number of halogens is 2.